The van der Waals surface area contributed by atoms with Crippen LogP contribution in [0.2, 0.25) is 0 Å². The van der Waals surface area contributed by atoms with Crippen molar-refractivity contribution in [1.82, 2.24) is 4.98 Å². The molecule has 2 heterocycles. The van der Waals surface area contributed by atoms with Crippen molar-refractivity contribution in [2.75, 3.05) is 13.7 Å². The highest BCUT2D eigenvalue weighted by atomic mass is 16.5. The number of nitrogens with two attached hydrogens (primary N) is 1. The van der Waals surface area contributed by atoms with E-state index in [4.69, 9.17) is 4.74 Å². The zero-order valence-electron chi connectivity index (χ0n) is 12.5. The number of hydrogen-bond acceptors (Lipinski definition) is 2. The summed E-state index contributed by atoms with van der Waals surface area (Å²) in [7, 11) is 1.70. The summed E-state index contributed by atoms with van der Waals surface area (Å²) in [6.07, 6.45) is 1.04. The van der Waals surface area contributed by atoms with E-state index in [9.17, 15) is 5.11 Å². The van der Waals surface area contributed by atoms with Crippen LogP contribution in [-0.2, 0) is 6.42 Å². The number of H-pyrrole nitrogens is 1. The number of nitrogens with one attached hydrogen (secondary N) is 1. The highest BCUT2D eigenvalue weighted by molar-refractivity contribution is 5.86. The van der Waals surface area contributed by atoms with Gasteiger partial charge in [0.05, 0.1) is 19.3 Å². The molecule has 1 unspecified atom stereocenters. The molecule has 4 N–H and O–H groups in total. The number of benzene rings is 2. The Hall–Kier alpha value is -2.46. The van der Waals surface area contributed by atoms with Crippen LogP contribution < -0.4 is 10.1 Å². The van der Waals surface area contributed by atoms with Crippen LogP contribution in [-0.4, -0.2) is 23.7 Å². The Kier molecular flexibility index (Phi) is 3.05. The lowest BCUT2D eigenvalue weighted by molar-refractivity contribution is -0.690. The molecule has 0 bridgehead atoms. The van der Waals surface area contributed by atoms with E-state index in [1.165, 1.54) is 16.6 Å². The maximum Gasteiger partial charge on any atom is 0.153 e. The van der Waals surface area contributed by atoms with Gasteiger partial charge in [-0.25, -0.2) is 0 Å². The highest BCUT2D eigenvalue weighted by Crippen LogP contribution is 2.33. The van der Waals surface area contributed by atoms with Gasteiger partial charge < -0.3 is 20.1 Å². The molecule has 0 radical (unpaired) electrons. The fourth-order valence-corrected chi connectivity index (χ4v) is 3.44. The van der Waals surface area contributed by atoms with E-state index in [1.807, 2.05) is 18.2 Å². The molecule has 4 heteroatoms. The average molecular weight is 295 g/mol. The molecular formula is C18H19N2O2+. The molecule has 0 amide bonds. The van der Waals surface area contributed by atoms with Gasteiger partial charge in [-0.15, -0.1) is 0 Å². The van der Waals surface area contributed by atoms with Crippen LogP contribution in [0.1, 0.15) is 22.9 Å². The smallest absolute Gasteiger partial charge is 0.153 e. The predicted molar refractivity (Wildman–Crippen MR) is 85.3 cm³/mol. The maximum absolute atomic E-state index is 9.76. The molecule has 0 aliphatic carbocycles. The van der Waals surface area contributed by atoms with Gasteiger partial charge in [-0.2, -0.15) is 0 Å². The molecule has 1 aliphatic rings. The van der Waals surface area contributed by atoms with Crippen molar-refractivity contribution < 1.29 is 15.2 Å². The van der Waals surface area contributed by atoms with Crippen molar-refractivity contribution in [2.24, 2.45) is 0 Å². The van der Waals surface area contributed by atoms with Gasteiger partial charge in [0.1, 0.15) is 11.5 Å². The van der Waals surface area contributed by atoms with Crippen LogP contribution in [0.5, 0.6) is 11.5 Å². The Morgan fingerprint density at radius 2 is 2.14 bits per heavy atom. The summed E-state index contributed by atoms with van der Waals surface area (Å²) in [4.78, 5) is 3.57. The lowest BCUT2D eigenvalue weighted by Crippen LogP contribution is -2.87. The van der Waals surface area contributed by atoms with Crippen LogP contribution >= 0.6 is 0 Å². The molecule has 2 aromatic carbocycles. The average Bonchev–Trinajstić information content (AvgIpc) is 2.92. The molecule has 3 aromatic rings. The molecule has 1 aromatic heterocycles. The van der Waals surface area contributed by atoms with E-state index in [0.29, 0.717) is 5.75 Å². The van der Waals surface area contributed by atoms with E-state index >= 15 is 0 Å². The number of phenols is 1. The number of phenolic OH excluding ortho intramolecular Hbond substituents is 1. The van der Waals surface area contributed by atoms with Gasteiger partial charge in [0.2, 0.25) is 0 Å². The minimum absolute atomic E-state index is 0.203. The molecule has 0 spiro atoms. The number of quaternary nitrogens is 1. The Balaban J connectivity index is 1.87. The molecule has 0 saturated carbocycles. The Morgan fingerprint density at radius 3 is 2.95 bits per heavy atom. The largest absolute Gasteiger partial charge is 0.508 e. The molecular weight excluding hydrogens is 276 g/mol. The fourth-order valence-electron chi connectivity index (χ4n) is 3.44. The number of aromatic amines is 1. The summed E-state index contributed by atoms with van der Waals surface area (Å²) in [6, 6.07) is 13.9. The SMILES string of the molecule is COc1ccc2[nH]c3c(c2c1)CC[NH2+]C3c1cccc(O)c1. The molecule has 22 heavy (non-hydrogen) atoms. The van der Waals surface area contributed by atoms with E-state index in [0.717, 1.165) is 29.8 Å². The molecule has 112 valence electrons. The normalized spacial score (nSPS) is 17.4. The molecule has 0 saturated heterocycles. The lowest BCUT2D eigenvalue weighted by atomic mass is 9.94. The first-order valence-corrected chi connectivity index (χ1v) is 7.57. The second-order valence-corrected chi connectivity index (χ2v) is 5.78. The number of ether oxygens (including phenoxy) is 1. The summed E-state index contributed by atoms with van der Waals surface area (Å²) in [5.41, 5.74) is 4.87. The summed E-state index contributed by atoms with van der Waals surface area (Å²) in [6.45, 7) is 1.04. The van der Waals surface area contributed by atoms with Crippen molar-refractivity contribution in [3.05, 3.63) is 59.3 Å². The molecule has 1 aliphatic heterocycles. The minimum atomic E-state index is 0.203. The lowest BCUT2D eigenvalue weighted by Gasteiger charge is -2.21. The Labute approximate surface area is 128 Å². The third-order valence-corrected chi connectivity index (χ3v) is 4.48. The van der Waals surface area contributed by atoms with E-state index < -0.39 is 0 Å². The van der Waals surface area contributed by atoms with Gasteiger partial charge in [0, 0.05) is 22.9 Å². The van der Waals surface area contributed by atoms with Gasteiger partial charge >= 0.3 is 0 Å². The maximum atomic E-state index is 9.76. The summed E-state index contributed by atoms with van der Waals surface area (Å²) in [5, 5.41) is 13.3. The summed E-state index contributed by atoms with van der Waals surface area (Å²) in [5.74, 6) is 1.20. The topological polar surface area (TPSA) is 61.9 Å². The molecule has 1 atom stereocenters. The molecule has 4 nitrogen and oxygen atoms in total. The number of aromatic hydroxyl groups is 1. The molecule has 4 rings (SSSR count). The van der Waals surface area contributed by atoms with Crippen LogP contribution in [0.4, 0.5) is 0 Å². The van der Waals surface area contributed by atoms with E-state index in [1.54, 1.807) is 13.2 Å². The van der Waals surface area contributed by atoms with Crippen molar-refractivity contribution in [3.8, 4) is 11.5 Å². The van der Waals surface area contributed by atoms with E-state index in [2.05, 4.69) is 28.5 Å². The number of methoxy groups -OCH3 is 1. The Bertz CT molecular complexity index is 838. The van der Waals surface area contributed by atoms with Crippen molar-refractivity contribution in [1.29, 1.82) is 0 Å². The molecule has 0 fully saturated rings. The summed E-state index contributed by atoms with van der Waals surface area (Å²) < 4.78 is 5.36. The van der Waals surface area contributed by atoms with Crippen LogP contribution in [0.15, 0.2) is 42.5 Å². The van der Waals surface area contributed by atoms with Gasteiger partial charge in [0.15, 0.2) is 6.04 Å². The number of hydrogen-bond donors (Lipinski definition) is 3. The monoisotopic (exact) mass is 295 g/mol. The zero-order chi connectivity index (χ0) is 15.1. The van der Waals surface area contributed by atoms with Crippen molar-refractivity contribution in [3.63, 3.8) is 0 Å². The number of aromatic nitrogens is 1. The van der Waals surface area contributed by atoms with Crippen molar-refractivity contribution in [2.45, 2.75) is 12.5 Å². The predicted octanol–water partition coefficient (Wildman–Crippen LogP) is 2.09. The second kappa shape index (κ2) is 5.07. The van der Waals surface area contributed by atoms with Crippen LogP contribution in [0.25, 0.3) is 10.9 Å². The standard InChI is InChI=1S/C18H18N2O2/c1-22-13-5-6-16-15(10-13)14-7-8-19-17(18(14)20-16)11-3-2-4-12(21)9-11/h2-6,9-10,17,19-21H,7-8H2,1H3/p+1. The second-order valence-electron chi connectivity index (χ2n) is 5.78. The zero-order valence-corrected chi connectivity index (χ0v) is 12.5. The first-order chi connectivity index (χ1) is 10.8. The fraction of sp³-hybridized carbons (Fsp3) is 0.222. The van der Waals surface area contributed by atoms with Gasteiger partial charge in [-0.1, -0.05) is 12.1 Å². The first-order valence-electron chi connectivity index (χ1n) is 7.57. The van der Waals surface area contributed by atoms with Gasteiger partial charge in [0.25, 0.3) is 0 Å². The van der Waals surface area contributed by atoms with Crippen LogP contribution in [0.3, 0.4) is 0 Å². The Morgan fingerprint density at radius 1 is 1.23 bits per heavy atom. The van der Waals surface area contributed by atoms with Crippen molar-refractivity contribution >= 4 is 10.9 Å². The first kappa shape index (κ1) is 13.2. The minimum Gasteiger partial charge on any atom is -0.508 e. The van der Waals surface area contributed by atoms with Crippen LogP contribution in [0, 0.1) is 0 Å². The van der Waals surface area contributed by atoms with Gasteiger partial charge in [-0.3, -0.25) is 0 Å². The number of rotatable bonds is 2. The third-order valence-electron chi connectivity index (χ3n) is 4.48. The quantitative estimate of drug-likeness (QED) is 0.678. The third kappa shape index (κ3) is 2.04. The van der Waals surface area contributed by atoms with Gasteiger partial charge in [-0.05, 0) is 35.9 Å². The number of fused-ring (bicyclic) bond motifs is 3. The summed E-state index contributed by atoms with van der Waals surface area (Å²) >= 11 is 0. The van der Waals surface area contributed by atoms with E-state index in [-0.39, 0.29) is 6.04 Å². The highest BCUT2D eigenvalue weighted by Gasteiger charge is 2.28.